The van der Waals surface area contributed by atoms with Gasteiger partial charge in [-0.1, -0.05) is 44.2 Å². The predicted molar refractivity (Wildman–Crippen MR) is 91.3 cm³/mol. The van der Waals surface area contributed by atoms with E-state index < -0.39 is 0 Å². The van der Waals surface area contributed by atoms with Crippen molar-refractivity contribution in [3.05, 3.63) is 35.9 Å². The van der Waals surface area contributed by atoms with Gasteiger partial charge in [0.05, 0.1) is 6.04 Å². The Bertz CT molecular complexity index is 511. The molecular formula is C19H28N2O2. The van der Waals surface area contributed by atoms with Gasteiger partial charge in [0.25, 0.3) is 0 Å². The largest absolute Gasteiger partial charge is 0.439 e. The van der Waals surface area contributed by atoms with Gasteiger partial charge in [-0.3, -0.25) is 0 Å². The van der Waals surface area contributed by atoms with Crippen LogP contribution in [0.25, 0.3) is 0 Å². The normalized spacial score (nSPS) is 25.3. The number of likely N-dealkylation sites (tertiary alicyclic amines) is 1. The summed E-state index contributed by atoms with van der Waals surface area (Å²) in [6.07, 6.45) is 3.36. The molecule has 2 saturated heterocycles. The van der Waals surface area contributed by atoms with Crippen molar-refractivity contribution in [1.82, 2.24) is 9.80 Å². The first kappa shape index (κ1) is 16.3. The lowest BCUT2D eigenvalue weighted by molar-refractivity contribution is 0.126. The Morgan fingerprint density at radius 2 is 1.83 bits per heavy atom. The maximum Gasteiger partial charge on any atom is 0.410 e. The zero-order chi connectivity index (χ0) is 16.2. The molecule has 4 heteroatoms. The van der Waals surface area contributed by atoms with E-state index in [1.165, 1.54) is 25.9 Å². The Morgan fingerprint density at radius 3 is 2.48 bits per heavy atom. The number of carbonyl (C=O) groups excluding carboxylic acids is 1. The number of cyclic esters (lactones) is 1. The fourth-order valence-corrected chi connectivity index (χ4v) is 3.86. The Balaban J connectivity index is 1.65. The lowest BCUT2D eigenvalue weighted by Crippen LogP contribution is -2.39. The summed E-state index contributed by atoms with van der Waals surface area (Å²) >= 11 is 0. The highest BCUT2D eigenvalue weighted by Gasteiger charge is 2.43. The third kappa shape index (κ3) is 3.69. The molecular weight excluding hydrogens is 288 g/mol. The van der Waals surface area contributed by atoms with Crippen LogP contribution in [0.5, 0.6) is 0 Å². The van der Waals surface area contributed by atoms with Crippen molar-refractivity contribution in [3.63, 3.8) is 0 Å². The van der Waals surface area contributed by atoms with E-state index in [1.54, 1.807) is 0 Å². The summed E-state index contributed by atoms with van der Waals surface area (Å²) in [4.78, 5) is 16.8. The molecule has 2 atom stereocenters. The minimum Gasteiger partial charge on any atom is -0.439 e. The second-order valence-electron chi connectivity index (χ2n) is 7.05. The van der Waals surface area contributed by atoms with Gasteiger partial charge in [0.15, 0.2) is 0 Å². The Kier molecular flexibility index (Phi) is 5.21. The molecule has 2 unspecified atom stereocenters. The molecule has 0 spiro atoms. The molecule has 2 aliphatic heterocycles. The zero-order valence-electron chi connectivity index (χ0n) is 14.3. The van der Waals surface area contributed by atoms with Crippen LogP contribution < -0.4 is 0 Å². The SMILES string of the molecule is CC(C)C1C(c2ccccc2)OC(=O)N1CCCN1CCCC1. The highest BCUT2D eigenvalue weighted by atomic mass is 16.6. The Labute approximate surface area is 139 Å². The van der Waals surface area contributed by atoms with E-state index in [1.807, 2.05) is 23.1 Å². The summed E-state index contributed by atoms with van der Waals surface area (Å²) in [5, 5.41) is 0. The van der Waals surface area contributed by atoms with Crippen LogP contribution in [0.15, 0.2) is 30.3 Å². The summed E-state index contributed by atoms with van der Waals surface area (Å²) in [6.45, 7) is 8.66. The summed E-state index contributed by atoms with van der Waals surface area (Å²) in [5.74, 6) is 0.374. The monoisotopic (exact) mass is 316 g/mol. The number of amides is 1. The first-order valence-corrected chi connectivity index (χ1v) is 8.91. The standard InChI is InChI=1S/C19H28N2O2/c1-15(2)17-18(16-9-4-3-5-10-16)23-19(22)21(17)14-8-13-20-11-6-7-12-20/h3-5,9-10,15,17-18H,6-8,11-14H2,1-2H3. The number of ether oxygens (including phenoxy) is 1. The van der Waals surface area contributed by atoms with E-state index in [9.17, 15) is 4.79 Å². The van der Waals surface area contributed by atoms with Crippen LogP contribution >= 0.6 is 0 Å². The van der Waals surface area contributed by atoms with Crippen LogP contribution in [0.3, 0.4) is 0 Å². The fraction of sp³-hybridized carbons (Fsp3) is 0.632. The number of hydrogen-bond donors (Lipinski definition) is 0. The molecule has 0 saturated carbocycles. The molecule has 0 N–H and O–H groups in total. The fourth-order valence-electron chi connectivity index (χ4n) is 3.86. The van der Waals surface area contributed by atoms with Gasteiger partial charge in [0.2, 0.25) is 0 Å². The first-order valence-electron chi connectivity index (χ1n) is 8.91. The molecule has 23 heavy (non-hydrogen) atoms. The molecule has 3 rings (SSSR count). The van der Waals surface area contributed by atoms with Crippen molar-refractivity contribution in [3.8, 4) is 0 Å². The first-order chi connectivity index (χ1) is 11.2. The van der Waals surface area contributed by atoms with Gasteiger partial charge in [-0.25, -0.2) is 4.79 Å². The zero-order valence-corrected chi connectivity index (χ0v) is 14.3. The van der Waals surface area contributed by atoms with Gasteiger partial charge in [0.1, 0.15) is 6.10 Å². The van der Waals surface area contributed by atoms with Crippen molar-refractivity contribution >= 4 is 6.09 Å². The van der Waals surface area contributed by atoms with E-state index in [-0.39, 0.29) is 18.2 Å². The molecule has 126 valence electrons. The minimum atomic E-state index is -0.154. The van der Waals surface area contributed by atoms with Gasteiger partial charge in [-0.2, -0.15) is 0 Å². The number of hydrogen-bond acceptors (Lipinski definition) is 3. The maximum absolute atomic E-state index is 12.4. The quantitative estimate of drug-likeness (QED) is 0.802. The summed E-state index contributed by atoms with van der Waals surface area (Å²) in [7, 11) is 0. The molecule has 1 aromatic carbocycles. The molecule has 2 aliphatic rings. The lowest BCUT2D eigenvalue weighted by atomic mass is 9.93. The van der Waals surface area contributed by atoms with Gasteiger partial charge in [-0.15, -0.1) is 0 Å². The summed E-state index contributed by atoms with van der Waals surface area (Å²) < 4.78 is 5.73. The van der Waals surface area contributed by atoms with Crippen molar-refractivity contribution in [1.29, 1.82) is 0 Å². The molecule has 0 bridgehead atoms. The summed E-state index contributed by atoms with van der Waals surface area (Å²) in [6, 6.07) is 10.3. The van der Waals surface area contributed by atoms with E-state index in [0.29, 0.717) is 5.92 Å². The molecule has 0 radical (unpaired) electrons. The predicted octanol–water partition coefficient (Wildman–Crippen LogP) is 3.69. The van der Waals surface area contributed by atoms with Crippen molar-refractivity contribution in [2.24, 2.45) is 5.92 Å². The molecule has 2 fully saturated rings. The van der Waals surface area contributed by atoms with E-state index in [0.717, 1.165) is 25.1 Å². The topological polar surface area (TPSA) is 32.8 Å². The van der Waals surface area contributed by atoms with Crippen LogP contribution in [0.1, 0.15) is 44.8 Å². The Hall–Kier alpha value is -1.55. The Morgan fingerprint density at radius 1 is 1.13 bits per heavy atom. The second-order valence-corrected chi connectivity index (χ2v) is 7.05. The van der Waals surface area contributed by atoms with E-state index >= 15 is 0 Å². The van der Waals surface area contributed by atoms with Crippen LogP contribution in [0.2, 0.25) is 0 Å². The number of carbonyl (C=O) groups is 1. The van der Waals surface area contributed by atoms with Gasteiger partial charge in [0, 0.05) is 6.54 Å². The molecule has 2 heterocycles. The van der Waals surface area contributed by atoms with E-state index in [4.69, 9.17) is 4.74 Å². The summed E-state index contributed by atoms with van der Waals surface area (Å²) in [5.41, 5.74) is 1.10. The van der Waals surface area contributed by atoms with Gasteiger partial charge in [-0.05, 0) is 50.4 Å². The minimum absolute atomic E-state index is 0.128. The average molecular weight is 316 g/mol. The van der Waals surface area contributed by atoms with E-state index in [2.05, 4.69) is 30.9 Å². The second kappa shape index (κ2) is 7.35. The average Bonchev–Trinajstić information content (AvgIpc) is 3.17. The molecule has 0 aromatic heterocycles. The number of nitrogens with zero attached hydrogens (tertiary/aromatic N) is 2. The number of rotatable bonds is 6. The van der Waals surface area contributed by atoms with Crippen LogP contribution in [-0.4, -0.2) is 48.1 Å². The van der Waals surface area contributed by atoms with Crippen LogP contribution in [0, 0.1) is 5.92 Å². The lowest BCUT2D eigenvalue weighted by Gasteiger charge is -2.28. The third-order valence-corrected chi connectivity index (χ3v) is 5.02. The van der Waals surface area contributed by atoms with Crippen LogP contribution in [-0.2, 0) is 4.74 Å². The number of benzene rings is 1. The van der Waals surface area contributed by atoms with Crippen molar-refractivity contribution in [2.45, 2.75) is 45.3 Å². The molecule has 4 nitrogen and oxygen atoms in total. The third-order valence-electron chi connectivity index (χ3n) is 5.02. The smallest absolute Gasteiger partial charge is 0.410 e. The molecule has 0 aliphatic carbocycles. The highest BCUT2D eigenvalue weighted by Crippen LogP contribution is 2.36. The molecule has 1 amide bonds. The molecule has 1 aromatic rings. The van der Waals surface area contributed by atoms with Crippen molar-refractivity contribution < 1.29 is 9.53 Å². The van der Waals surface area contributed by atoms with Gasteiger partial charge < -0.3 is 14.5 Å². The maximum atomic E-state index is 12.4. The highest BCUT2D eigenvalue weighted by molar-refractivity contribution is 5.71. The van der Waals surface area contributed by atoms with Crippen LogP contribution in [0.4, 0.5) is 4.79 Å². The van der Waals surface area contributed by atoms with Gasteiger partial charge >= 0.3 is 6.09 Å². The van der Waals surface area contributed by atoms with Crippen molar-refractivity contribution in [2.75, 3.05) is 26.2 Å².